The summed E-state index contributed by atoms with van der Waals surface area (Å²) < 4.78 is 0. The fraction of sp³-hybridized carbons (Fsp3) is 0. The average Bonchev–Trinajstić information content (AvgIpc) is 2.13. The minimum Gasteiger partial charge on any atom is -0.508 e. The maximum absolute atomic E-state index is 9.43. The number of nitrogens with two attached hydrogens (primary N) is 1. The van der Waals surface area contributed by atoms with Crippen LogP contribution in [-0.2, 0) is 0 Å². The molecule has 0 aliphatic rings. The summed E-state index contributed by atoms with van der Waals surface area (Å²) in [6.07, 6.45) is 0. The van der Waals surface area contributed by atoms with Crippen LogP contribution in [0, 0.1) is 0 Å². The van der Waals surface area contributed by atoms with Gasteiger partial charge in [-0.25, -0.2) is 5.20 Å². The average molecular weight is 198 g/mol. The number of hydrogen-bond donors (Lipinski definition) is 4. The number of benzene rings is 1. The van der Waals surface area contributed by atoms with Crippen LogP contribution in [0.15, 0.2) is 30.6 Å². The van der Waals surface area contributed by atoms with E-state index in [-0.39, 0.29) is 11.5 Å². The van der Waals surface area contributed by atoms with Crippen molar-refractivity contribution in [3.63, 3.8) is 0 Å². The first-order valence-corrected chi connectivity index (χ1v) is 5.00. The lowest BCUT2D eigenvalue weighted by Gasteiger charge is -2.12. The summed E-state index contributed by atoms with van der Waals surface area (Å²) in [6, 6.07) is 4.29. The van der Waals surface area contributed by atoms with Crippen molar-refractivity contribution < 1.29 is 10.2 Å². The Balaban J connectivity index is 3.10. The normalized spacial score (nSPS) is 12.4. The van der Waals surface area contributed by atoms with E-state index in [1.165, 1.54) is 18.2 Å². The largest absolute Gasteiger partial charge is 0.508 e. The molecule has 5 heteroatoms. The highest BCUT2D eigenvalue weighted by atomic mass is 31.1. The van der Waals surface area contributed by atoms with Gasteiger partial charge in [-0.3, -0.25) is 5.84 Å². The zero-order valence-corrected chi connectivity index (χ0v) is 7.83. The minimum absolute atomic E-state index is 0.0948. The summed E-state index contributed by atoms with van der Waals surface area (Å²) in [5.74, 6) is 7.04. The summed E-state index contributed by atoms with van der Waals surface area (Å²) in [7, 11) is -1.01. The lowest BCUT2D eigenvalue weighted by atomic mass is 10.3. The Labute approximate surface area is 77.5 Å². The molecule has 0 aliphatic heterocycles. The molecule has 5 N–H and O–H groups in total. The smallest absolute Gasteiger partial charge is 0.125 e. The molecular weight excluding hydrogens is 187 g/mol. The second-order valence-corrected chi connectivity index (χ2v) is 4.20. The van der Waals surface area contributed by atoms with Crippen LogP contribution in [0.2, 0.25) is 0 Å². The first kappa shape index (κ1) is 9.99. The number of hydrazine groups is 1. The molecule has 0 bridgehead atoms. The third-order valence-electron chi connectivity index (χ3n) is 1.54. The van der Waals surface area contributed by atoms with Crippen LogP contribution < -0.4 is 16.3 Å². The highest BCUT2D eigenvalue weighted by Crippen LogP contribution is 2.34. The predicted octanol–water partition coefficient (Wildman–Crippen LogP) is 0.727. The summed E-state index contributed by atoms with van der Waals surface area (Å²) in [5.41, 5.74) is 0. The van der Waals surface area contributed by atoms with Crippen molar-refractivity contribution in [2.75, 3.05) is 0 Å². The standard InChI is InChI=1S/C8H11N2O2P/c1-2-13(10-9)8-5-6(11)3-4-7(8)12/h2-5,10-12H,1,9H2. The van der Waals surface area contributed by atoms with Crippen LogP contribution >= 0.6 is 8.07 Å². The van der Waals surface area contributed by atoms with Gasteiger partial charge in [-0.1, -0.05) is 6.58 Å². The molecule has 0 radical (unpaired) electrons. The van der Waals surface area contributed by atoms with Crippen molar-refractivity contribution in [3.8, 4) is 11.5 Å². The topological polar surface area (TPSA) is 78.5 Å². The Morgan fingerprint density at radius 3 is 2.69 bits per heavy atom. The number of phenols is 2. The van der Waals surface area contributed by atoms with Crippen molar-refractivity contribution in [2.45, 2.75) is 0 Å². The van der Waals surface area contributed by atoms with Crippen molar-refractivity contribution in [1.82, 2.24) is 5.20 Å². The molecule has 0 heterocycles. The minimum atomic E-state index is -1.01. The Bertz CT molecular complexity index is 317. The summed E-state index contributed by atoms with van der Waals surface area (Å²) in [4.78, 5) is 0. The molecule has 1 aromatic carbocycles. The highest BCUT2D eigenvalue weighted by molar-refractivity contribution is 7.66. The molecule has 13 heavy (non-hydrogen) atoms. The van der Waals surface area contributed by atoms with Gasteiger partial charge in [0.15, 0.2) is 0 Å². The van der Waals surface area contributed by atoms with E-state index in [0.717, 1.165) is 0 Å². The predicted molar refractivity (Wildman–Crippen MR) is 53.8 cm³/mol. The number of aromatic hydroxyl groups is 2. The molecule has 1 unspecified atom stereocenters. The second kappa shape index (κ2) is 4.23. The molecule has 1 atom stereocenters. The van der Waals surface area contributed by atoms with E-state index in [9.17, 15) is 10.2 Å². The third kappa shape index (κ3) is 2.18. The quantitative estimate of drug-likeness (QED) is 0.250. The van der Waals surface area contributed by atoms with Crippen molar-refractivity contribution >= 4 is 13.4 Å². The van der Waals surface area contributed by atoms with E-state index in [1.807, 2.05) is 0 Å². The van der Waals surface area contributed by atoms with E-state index in [4.69, 9.17) is 5.84 Å². The molecule has 0 saturated heterocycles. The molecule has 0 saturated carbocycles. The van der Waals surface area contributed by atoms with Crippen LogP contribution in [0.1, 0.15) is 0 Å². The van der Waals surface area contributed by atoms with Crippen LogP contribution in [-0.4, -0.2) is 10.2 Å². The van der Waals surface area contributed by atoms with Crippen LogP contribution in [0.3, 0.4) is 0 Å². The molecule has 0 amide bonds. The summed E-state index contributed by atoms with van der Waals surface area (Å²) >= 11 is 0. The van der Waals surface area contributed by atoms with Crippen molar-refractivity contribution in [2.24, 2.45) is 5.84 Å². The third-order valence-corrected chi connectivity index (χ3v) is 3.06. The van der Waals surface area contributed by atoms with Gasteiger partial charge in [-0.15, -0.1) is 0 Å². The molecular formula is C8H11N2O2P. The van der Waals surface area contributed by atoms with Crippen molar-refractivity contribution in [3.05, 3.63) is 30.6 Å². The first-order valence-electron chi connectivity index (χ1n) is 3.59. The van der Waals surface area contributed by atoms with Gasteiger partial charge in [-0.2, -0.15) is 0 Å². The van der Waals surface area contributed by atoms with Gasteiger partial charge in [0.2, 0.25) is 0 Å². The van der Waals surface area contributed by atoms with Crippen LogP contribution in [0.25, 0.3) is 0 Å². The first-order chi connectivity index (χ1) is 6.19. The molecule has 1 aromatic rings. The van der Waals surface area contributed by atoms with Crippen LogP contribution in [0.5, 0.6) is 11.5 Å². The van der Waals surface area contributed by atoms with E-state index in [0.29, 0.717) is 5.30 Å². The van der Waals surface area contributed by atoms with E-state index >= 15 is 0 Å². The molecule has 1 rings (SSSR count). The summed E-state index contributed by atoms with van der Waals surface area (Å²) in [5, 5.41) is 21.7. The van der Waals surface area contributed by atoms with Gasteiger partial charge in [0.1, 0.15) is 11.5 Å². The molecule has 0 fully saturated rings. The zero-order chi connectivity index (χ0) is 9.84. The SMILES string of the molecule is C=CP(NN)c1cc(O)ccc1O. The molecule has 4 nitrogen and oxygen atoms in total. The molecule has 0 aliphatic carbocycles. The number of nitrogens with one attached hydrogen (secondary N) is 1. The lowest BCUT2D eigenvalue weighted by molar-refractivity contribution is 0.463. The molecule has 0 aromatic heterocycles. The zero-order valence-electron chi connectivity index (χ0n) is 6.94. The van der Waals surface area contributed by atoms with Gasteiger partial charge in [0, 0.05) is 13.4 Å². The Morgan fingerprint density at radius 2 is 2.15 bits per heavy atom. The number of phenolic OH excluding ortho intramolecular Hbond substituents is 2. The van der Waals surface area contributed by atoms with E-state index in [2.05, 4.69) is 11.8 Å². The monoisotopic (exact) mass is 198 g/mol. The fourth-order valence-electron chi connectivity index (χ4n) is 0.925. The van der Waals surface area contributed by atoms with Gasteiger partial charge >= 0.3 is 0 Å². The van der Waals surface area contributed by atoms with E-state index in [1.54, 1.807) is 5.82 Å². The van der Waals surface area contributed by atoms with Crippen molar-refractivity contribution in [1.29, 1.82) is 0 Å². The number of hydrogen-bond acceptors (Lipinski definition) is 4. The van der Waals surface area contributed by atoms with Gasteiger partial charge < -0.3 is 10.2 Å². The fourth-order valence-corrected chi connectivity index (χ4v) is 1.96. The highest BCUT2D eigenvalue weighted by Gasteiger charge is 2.10. The second-order valence-electron chi connectivity index (χ2n) is 2.35. The molecule has 70 valence electrons. The molecule has 0 spiro atoms. The Hall–Kier alpha value is -1.09. The maximum atomic E-state index is 9.43. The Morgan fingerprint density at radius 1 is 1.46 bits per heavy atom. The number of rotatable bonds is 3. The van der Waals surface area contributed by atoms with Gasteiger partial charge in [0.25, 0.3) is 0 Å². The van der Waals surface area contributed by atoms with Gasteiger partial charge in [0.05, 0.1) is 0 Å². The Kier molecular flexibility index (Phi) is 3.25. The summed E-state index contributed by atoms with van der Waals surface area (Å²) in [6.45, 7) is 3.57. The lowest BCUT2D eigenvalue weighted by Crippen LogP contribution is -2.20. The maximum Gasteiger partial charge on any atom is 0.125 e. The van der Waals surface area contributed by atoms with Gasteiger partial charge in [-0.05, 0) is 24.0 Å². The van der Waals surface area contributed by atoms with Crippen LogP contribution in [0.4, 0.5) is 0 Å². The van der Waals surface area contributed by atoms with E-state index < -0.39 is 8.07 Å².